The zero-order chi connectivity index (χ0) is 12.5. The zero-order valence-corrected chi connectivity index (χ0v) is 11.7. The van der Waals surface area contributed by atoms with Crippen molar-refractivity contribution in [3.05, 3.63) is 42.5 Å². The molecule has 0 aliphatic rings. The minimum absolute atomic E-state index is 0.712. The van der Waals surface area contributed by atoms with Gasteiger partial charge in [-0.25, -0.2) is 0 Å². The van der Waals surface area contributed by atoms with Crippen LogP contribution < -0.4 is 5.32 Å². The molecule has 1 nitrogen and oxygen atoms in total. The van der Waals surface area contributed by atoms with Crippen LogP contribution in [-0.4, -0.2) is 12.3 Å². The van der Waals surface area contributed by atoms with Gasteiger partial charge in [0.25, 0.3) is 0 Å². The number of benzene rings is 1. The van der Waals surface area contributed by atoms with Gasteiger partial charge in [-0.05, 0) is 36.6 Å². The zero-order valence-electron chi connectivity index (χ0n) is 10.9. The molecule has 0 bridgehead atoms. The van der Waals surface area contributed by atoms with E-state index in [0.717, 1.165) is 25.3 Å². The van der Waals surface area contributed by atoms with Gasteiger partial charge in [-0.3, -0.25) is 0 Å². The highest BCUT2D eigenvalue weighted by molar-refractivity contribution is 7.99. The van der Waals surface area contributed by atoms with Crippen molar-refractivity contribution in [1.82, 2.24) is 5.32 Å². The molecule has 0 aliphatic carbocycles. The normalized spacial score (nSPS) is 10.8. The molecule has 0 heterocycles. The lowest BCUT2D eigenvalue weighted by atomic mass is 10.2. The highest BCUT2D eigenvalue weighted by Gasteiger charge is 1.96. The minimum Gasteiger partial charge on any atom is -0.312 e. The summed E-state index contributed by atoms with van der Waals surface area (Å²) in [5.74, 6) is 1.83. The second-order valence-electron chi connectivity index (χ2n) is 4.59. The summed E-state index contributed by atoms with van der Waals surface area (Å²) < 4.78 is 0. The molecule has 2 heteroatoms. The van der Waals surface area contributed by atoms with Crippen molar-refractivity contribution in [3.63, 3.8) is 0 Å². The average Bonchev–Trinajstić information content (AvgIpc) is 2.31. The molecule has 0 unspecified atom stereocenters. The van der Waals surface area contributed by atoms with Crippen LogP contribution in [0.15, 0.2) is 41.8 Å². The largest absolute Gasteiger partial charge is 0.312 e. The van der Waals surface area contributed by atoms with E-state index >= 15 is 0 Å². The Balaban J connectivity index is 2.31. The first-order chi connectivity index (χ1) is 8.22. The first-order valence-corrected chi connectivity index (χ1v) is 7.24. The maximum atomic E-state index is 3.73. The Morgan fingerprint density at radius 3 is 2.59 bits per heavy atom. The van der Waals surface area contributed by atoms with Gasteiger partial charge in [0.05, 0.1) is 0 Å². The molecule has 0 aliphatic heterocycles. The molecule has 0 atom stereocenters. The molecule has 0 spiro atoms. The summed E-state index contributed by atoms with van der Waals surface area (Å²) >= 11 is 1.89. The van der Waals surface area contributed by atoms with Crippen LogP contribution in [0.4, 0.5) is 0 Å². The Bertz CT molecular complexity index is 316. The number of nitrogens with one attached hydrogen (secondary N) is 1. The molecular weight excluding hydrogens is 226 g/mol. The molecule has 0 amide bonds. The second kappa shape index (κ2) is 8.37. The van der Waals surface area contributed by atoms with Crippen LogP contribution in [0, 0.1) is 5.92 Å². The average molecular weight is 249 g/mol. The molecule has 94 valence electrons. The molecule has 1 N–H and O–H groups in total. The molecule has 1 aromatic carbocycles. The van der Waals surface area contributed by atoms with Crippen molar-refractivity contribution in [3.8, 4) is 0 Å². The highest BCUT2D eigenvalue weighted by Crippen LogP contribution is 2.19. The van der Waals surface area contributed by atoms with Gasteiger partial charge in [-0.15, -0.1) is 18.3 Å². The third-order valence-electron chi connectivity index (χ3n) is 2.40. The third-order valence-corrected chi connectivity index (χ3v) is 3.44. The van der Waals surface area contributed by atoms with Gasteiger partial charge in [0, 0.05) is 17.2 Å². The summed E-state index contributed by atoms with van der Waals surface area (Å²) in [5, 5.41) is 3.45. The smallest absolute Gasteiger partial charge is 0.0205 e. The van der Waals surface area contributed by atoms with Gasteiger partial charge >= 0.3 is 0 Å². The molecule has 1 rings (SSSR count). The van der Waals surface area contributed by atoms with Crippen LogP contribution >= 0.6 is 11.8 Å². The molecule has 1 aromatic rings. The van der Waals surface area contributed by atoms with E-state index in [2.05, 4.69) is 50.0 Å². The Morgan fingerprint density at radius 1 is 1.29 bits per heavy atom. The predicted molar refractivity (Wildman–Crippen MR) is 78.5 cm³/mol. The van der Waals surface area contributed by atoms with Crippen molar-refractivity contribution in [1.29, 1.82) is 0 Å². The summed E-state index contributed by atoms with van der Waals surface area (Å²) in [7, 11) is 0. The van der Waals surface area contributed by atoms with Crippen molar-refractivity contribution < 1.29 is 0 Å². The van der Waals surface area contributed by atoms with E-state index < -0.39 is 0 Å². The summed E-state index contributed by atoms with van der Waals surface area (Å²) in [6, 6.07) is 8.84. The van der Waals surface area contributed by atoms with Gasteiger partial charge in [0.2, 0.25) is 0 Å². The van der Waals surface area contributed by atoms with Crippen molar-refractivity contribution in [2.45, 2.75) is 31.7 Å². The quantitative estimate of drug-likeness (QED) is 0.423. The Hall–Kier alpha value is -0.730. The topological polar surface area (TPSA) is 12.0 Å². The number of hydrogen-bond donors (Lipinski definition) is 1. The lowest BCUT2D eigenvalue weighted by Crippen LogP contribution is -2.18. The maximum absolute atomic E-state index is 3.73. The number of rotatable bonds is 8. The molecule has 17 heavy (non-hydrogen) atoms. The first-order valence-electron chi connectivity index (χ1n) is 6.25. The van der Waals surface area contributed by atoms with Crippen LogP contribution in [-0.2, 0) is 6.54 Å². The van der Waals surface area contributed by atoms with Crippen LogP contribution in [0.2, 0.25) is 0 Å². The molecule has 0 aromatic heterocycles. The lowest BCUT2D eigenvalue weighted by Gasteiger charge is -2.08. The monoisotopic (exact) mass is 249 g/mol. The van der Waals surface area contributed by atoms with Crippen molar-refractivity contribution in [2.24, 2.45) is 5.92 Å². The fourth-order valence-corrected chi connectivity index (χ4v) is 2.32. The van der Waals surface area contributed by atoms with Crippen LogP contribution in [0.3, 0.4) is 0 Å². The van der Waals surface area contributed by atoms with E-state index in [9.17, 15) is 0 Å². The van der Waals surface area contributed by atoms with Crippen molar-refractivity contribution >= 4 is 11.8 Å². The Labute approximate surface area is 110 Å². The van der Waals surface area contributed by atoms with Gasteiger partial charge in [-0.1, -0.05) is 32.1 Å². The summed E-state index contributed by atoms with van der Waals surface area (Å²) in [4.78, 5) is 1.35. The molecule has 0 saturated heterocycles. The van der Waals surface area contributed by atoms with Gasteiger partial charge < -0.3 is 5.32 Å². The van der Waals surface area contributed by atoms with E-state index in [-0.39, 0.29) is 0 Å². The molecule has 0 radical (unpaired) electrons. The van der Waals surface area contributed by atoms with E-state index in [1.165, 1.54) is 10.5 Å². The fraction of sp³-hybridized carbons (Fsp3) is 0.467. The van der Waals surface area contributed by atoms with Crippen LogP contribution in [0.5, 0.6) is 0 Å². The SMILES string of the molecule is C=CCCSc1ccc(CNCC(C)C)cc1. The van der Waals surface area contributed by atoms with Gasteiger partial charge in [0.15, 0.2) is 0 Å². The van der Waals surface area contributed by atoms with E-state index in [1.807, 2.05) is 17.8 Å². The van der Waals surface area contributed by atoms with E-state index in [4.69, 9.17) is 0 Å². The van der Waals surface area contributed by atoms with E-state index in [0.29, 0.717) is 5.92 Å². The molecule has 0 fully saturated rings. The number of thioether (sulfide) groups is 1. The first kappa shape index (κ1) is 14.3. The summed E-state index contributed by atoms with van der Waals surface area (Å²) in [6.07, 6.45) is 3.04. The molecular formula is C15H23NS. The minimum atomic E-state index is 0.712. The predicted octanol–water partition coefficient (Wildman–Crippen LogP) is 4.10. The van der Waals surface area contributed by atoms with Crippen LogP contribution in [0.1, 0.15) is 25.8 Å². The summed E-state index contributed by atoms with van der Waals surface area (Å²) in [5.41, 5.74) is 1.36. The van der Waals surface area contributed by atoms with Crippen LogP contribution in [0.25, 0.3) is 0 Å². The third kappa shape index (κ3) is 6.54. The second-order valence-corrected chi connectivity index (χ2v) is 5.76. The summed E-state index contributed by atoms with van der Waals surface area (Å²) in [6.45, 7) is 10.2. The fourth-order valence-electron chi connectivity index (χ4n) is 1.47. The maximum Gasteiger partial charge on any atom is 0.0205 e. The van der Waals surface area contributed by atoms with Gasteiger partial charge in [-0.2, -0.15) is 0 Å². The van der Waals surface area contributed by atoms with E-state index in [1.54, 1.807) is 0 Å². The standard InChI is InChI=1S/C15H23NS/c1-4-5-10-17-15-8-6-14(7-9-15)12-16-11-13(2)3/h4,6-9,13,16H,1,5,10-12H2,2-3H3. The molecule has 0 saturated carbocycles. The lowest BCUT2D eigenvalue weighted by molar-refractivity contribution is 0.552. The Kier molecular flexibility index (Phi) is 7.06. The van der Waals surface area contributed by atoms with Gasteiger partial charge in [0.1, 0.15) is 0 Å². The van der Waals surface area contributed by atoms with Crippen molar-refractivity contribution in [2.75, 3.05) is 12.3 Å². The number of hydrogen-bond acceptors (Lipinski definition) is 2. The highest BCUT2D eigenvalue weighted by atomic mass is 32.2. The number of allylic oxidation sites excluding steroid dienone is 1. The Morgan fingerprint density at radius 2 is 2.00 bits per heavy atom.